The van der Waals surface area contributed by atoms with Crippen LogP contribution < -0.4 is 5.32 Å². The maximum atomic E-state index is 4.17. The van der Waals surface area contributed by atoms with Gasteiger partial charge in [0.05, 0.1) is 0 Å². The lowest BCUT2D eigenvalue weighted by Gasteiger charge is -2.39. The van der Waals surface area contributed by atoms with Crippen LogP contribution in [0.4, 0.5) is 0 Å². The lowest BCUT2D eigenvalue weighted by molar-refractivity contribution is 0.122. The number of hydrogen-bond acceptors (Lipinski definition) is 2. The number of nitrogens with one attached hydrogen (secondary N) is 1. The molecular weight excluding hydrogens is 208 g/mol. The van der Waals surface area contributed by atoms with Crippen LogP contribution in [0.3, 0.4) is 0 Å². The molecule has 0 spiro atoms. The second kappa shape index (κ2) is 7.17. The van der Waals surface area contributed by atoms with Crippen molar-refractivity contribution in [1.82, 2.24) is 10.2 Å². The summed E-state index contributed by atoms with van der Waals surface area (Å²) in [5.74, 6) is 0. The van der Waals surface area contributed by atoms with Gasteiger partial charge in [-0.05, 0) is 49.9 Å². The second-order valence-electron chi connectivity index (χ2n) is 5.87. The number of hydrogen-bond donors (Lipinski definition) is 1. The van der Waals surface area contributed by atoms with E-state index in [2.05, 4.69) is 37.6 Å². The highest BCUT2D eigenvalue weighted by atomic mass is 15.1. The van der Waals surface area contributed by atoms with Crippen molar-refractivity contribution >= 4 is 0 Å². The van der Waals surface area contributed by atoms with Crippen molar-refractivity contribution in [2.45, 2.75) is 46.5 Å². The molecule has 1 saturated heterocycles. The SMILES string of the molecule is C=C(CNCCC)CN1CCC(C)(CC)CC1. The van der Waals surface area contributed by atoms with Crippen LogP contribution in [-0.4, -0.2) is 37.6 Å². The molecule has 0 aromatic rings. The highest BCUT2D eigenvalue weighted by Gasteiger charge is 2.27. The summed E-state index contributed by atoms with van der Waals surface area (Å²) < 4.78 is 0. The van der Waals surface area contributed by atoms with Crippen molar-refractivity contribution in [2.75, 3.05) is 32.7 Å². The first-order chi connectivity index (χ1) is 8.09. The fourth-order valence-corrected chi connectivity index (χ4v) is 2.42. The molecule has 0 radical (unpaired) electrons. The zero-order chi connectivity index (χ0) is 12.7. The zero-order valence-corrected chi connectivity index (χ0v) is 12.0. The molecule has 1 N–H and O–H groups in total. The van der Waals surface area contributed by atoms with Crippen LogP contribution in [0.1, 0.15) is 46.5 Å². The van der Waals surface area contributed by atoms with Gasteiger partial charge in [0.15, 0.2) is 0 Å². The van der Waals surface area contributed by atoms with E-state index in [0.29, 0.717) is 5.41 Å². The molecule has 1 rings (SSSR count). The van der Waals surface area contributed by atoms with E-state index in [1.807, 2.05) is 0 Å². The predicted octanol–water partition coefficient (Wildman–Crippen LogP) is 3.05. The highest BCUT2D eigenvalue weighted by Crippen LogP contribution is 2.33. The average Bonchev–Trinajstić information content (AvgIpc) is 2.33. The number of nitrogens with zero attached hydrogens (tertiary/aromatic N) is 1. The number of likely N-dealkylation sites (tertiary alicyclic amines) is 1. The molecule has 1 aliphatic heterocycles. The summed E-state index contributed by atoms with van der Waals surface area (Å²) in [5.41, 5.74) is 1.93. The molecular formula is C15H30N2. The summed E-state index contributed by atoms with van der Waals surface area (Å²) in [6, 6.07) is 0. The molecule has 0 aromatic heterocycles. The Hall–Kier alpha value is -0.340. The third-order valence-corrected chi connectivity index (χ3v) is 4.17. The second-order valence-corrected chi connectivity index (χ2v) is 5.87. The Morgan fingerprint density at radius 2 is 1.94 bits per heavy atom. The van der Waals surface area contributed by atoms with Crippen LogP contribution in [0.5, 0.6) is 0 Å². The quantitative estimate of drug-likeness (QED) is 0.542. The van der Waals surface area contributed by atoms with E-state index in [4.69, 9.17) is 0 Å². The smallest absolute Gasteiger partial charge is 0.0202 e. The minimum Gasteiger partial charge on any atom is -0.313 e. The lowest BCUT2D eigenvalue weighted by atomic mass is 9.78. The topological polar surface area (TPSA) is 15.3 Å². The number of piperidine rings is 1. The van der Waals surface area contributed by atoms with E-state index in [1.54, 1.807) is 0 Å². The summed E-state index contributed by atoms with van der Waals surface area (Å²) >= 11 is 0. The van der Waals surface area contributed by atoms with E-state index < -0.39 is 0 Å². The average molecular weight is 238 g/mol. The third-order valence-electron chi connectivity index (χ3n) is 4.17. The van der Waals surface area contributed by atoms with Crippen molar-refractivity contribution in [1.29, 1.82) is 0 Å². The van der Waals surface area contributed by atoms with Crippen LogP contribution >= 0.6 is 0 Å². The molecule has 100 valence electrons. The highest BCUT2D eigenvalue weighted by molar-refractivity contribution is 5.00. The van der Waals surface area contributed by atoms with Gasteiger partial charge >= 0.3 is 0 Å². The van der Waals surface area contributed by atoms with E-state index in [-0.39, 0.29) is 0 Å². The molecule has 0 saturated carbocycles. The van der Waals surface area contributed by atoms with E-state index in [0.717, 1.165) is 19.6 Å². The van der Waals surface area contributed by atoms with Gasteiger partial charge in [-0.3, -0.25) is 4.90 Å². The van der Waals surface area contributed by atoms with Crippen molar-refractivity contribution in [3.63, 3.8) is 0 Å². The minimum atomic E-state index is 0.596. The van der Waals surface area contributed by atoms with Crippen LogP contribution in [0.25, 0.3) is 0 Å². The van der Waals surface area contributed by atoms with Gasteiger partial charge in [-0.2, -0.15) is 0 Å². The van der Waals surface area contributed by atoms with Crippen LogP contribution in [0.15, 0.2) is 12.2 Å². The van der Waals surface area contributed by atoms with Gasteiger partial charge in [0.25, 0.3) is 0 Å². The molecule has 0 amide bonds. The molecule has 1 fully saturated rings. The summed E-state index contributed by atoms with van der Waals surface area (Å²) in [6.45, 7) is 16.8. The zero-order valence-electron chi connectivity index (χ0n) is 12.0. The fourth-order valence-electron chi connectivity index (χ4n) is 2.42. The maximum absolute atomic E-state index is 4.17. The lowest BCUT2D eigenvalue weighted by Crippen LogP contribution is -2.40. The van der Waals surface area contributed by atoms with Gasteiger partial charge in [0, 0.05) is 13.1 Å². The Bertz CT molecular complexity index is 227. The van der Waals surface area contributed by atoms with Gasteiger partial charge in [-0.25, -0.2) is 0 Å². The first-order valence-corrected chi connectivity index (χ1v) is 7.19. The van der Waals surface area contributed by atoms with Crippen molar-refractivity contribution in [2.24, 2.45) is 5.41 Å². The Morgan fingerprint density at radius 3 is 2.47 bits per heavy atom. The van der Waals surface area contributed by atoms with E-state index in [9.17, 15) is 0 Å². The van der Waals surface area contributed by atoms with Crippen LogP contribution in [-0.2, 0) is 0 Å². The molecule has 0 aromatic carbocycles. The Balaban J connectivity index is 2.19. The van der Waals surface area contributed by atoms with Gasteiger partial charge in [-0.15, -0.1) is 0 Å². The molecule has 1 heterocycles. The maximum Gasteiger partial charge on any atom is 0.0202 e. The molecule has 0 unspecified atom stereocenters. The Kier molecular flexibility index (Phi) is 6.21. The van der Waals surface area contributed by atoms with Crippen molar-refractivity contribution < 1.29 is 0 Å². The normalized spacial score (nSPS) is 20.4. The van der Waals surface area contributed by atoms with Gasteiger partial charge in [-0.1, -0.05) is 33.8 Å². The van der Waals surface area contributed by atoms with Gasteiger partial charge in [0.2, 0.25) is 0 Å². The minimum absolute atomic E-state index is 0.596. The molecule has 0 bridgehead atoms. The van der Waals surface area contributed by atoms with Gasteiger partial charge in [0.1, 0.15) is 0 Å². The first kappa shape index (κ1) is 14.7. The Labute approximate surface area is 107 Å². The van der Waals surface area contributed by atoms with Crippen molar-refractivity contribution in [3.05, 3.63) is 12.2 Å². The molecule has 1 aliphatic rings. The molecule has 2 nitrogen and oxygen atoms in total. The molecule has 0 atom stereocenters. The third kappa shape index (κ3) is 5.22. The first-order valence-electron chi connectivity index (χ1n) is 7.19. The largest absolute Gasteiger partial charge is 0.313 e. The monoisotopic (exact) mass is 238 g/mol. The molecule has 17 heavy (non-hydrogen) atoms. The Morgan fingerprint density at radius 1 is 1.29 bits per heavy atom. The standard InChI is InChI=1S/C15H30N2/c1-5-9-16-12-14(3)13-17-10-7-15(4,6-2)8-11-17/h16H,3,5-13H2,1-2,4H3. The van der Waals surface area contributed by atoms with Crippen LogP contribution in [0.2, 0.25) is 0 Å². The van der Waals surface area contributed by atoms with Crippen molar-refractivity contribution in [3.8, 4) is 0 Å². The summed E-state index contributed by atoms with van der Waals surface area (Å²) in [5, 5.41) is 3.43. The van der Waals surface area contributed by atoms with Crippen LogP contribution in [0, 0.1) is 5.41 Å². The molecule has 2 heteroatoms. The van der Waals surface area contributed by atoms with Gasteiger partial charge < -0.3 is 5.32 Å². The summed E-state index contributed by atoms with van der Waals surface area (Å²) in [6.07, 6.45) is 5.21. The number of rotatable bonds is 7. The molecule has 0 aliphatic carbocycles. The summed E-state index contributed by atoms with van der Waals surface area (Å²) in [7, 11) is 0. The van der Waals surface area contributed by atoms with E-state index >= 15 is 0 Å². The predicted molar refractivity (Wildman–Crippen MR) is 76.4 cm³/mol. The van der Waals surface area contributed by atoms with E-state index in [1.165, 1.54) is 44.3 Å². The fraction of sp³-hybridized carbons (Fsp3) is 0.867. The summed E-state index contributed by atoms with van der Waals surface area (Å²) in [4.78, 5) is 2.56.